The molecule has 0 aromatic heterocycles. The van der Waals surface area contributed by atoms with Crippen molar-refractivity contribution < 1.29 is 9.53 Å². The zero-order valence-corrected chi connectivity index (χ0v) is 17.3. The Morgan fingerprint density at radius 1 is 1.15 bits per heavy atom. The number of carbonyl (C=O) groups excluding carboxylic acids is 1. The van der Waals surface area contributed by atoms with Gasteiger partial charge in [0.2, 0.25) is 0 Å². The van der Waals surface area contributed by atoms with Gasteiger partial charge in [0.05, 0.1) is 11.6 Å². The Morgan fingerprint density at radius 3 is 2.38 bits per heavy atom. The number of benzene rings is 2. The number of hydrogen-bond donors (Lipinski definition) is 0. The fourth-order valence-corrected chi connectivity index (χ4v) is 4.32. The Labute approximate surface area is 169 Å². The minimum atomic E-state index is -0.191. The highest BCUT2D eigenvalue weighted by molar-refractivity contribution is 14.1. The molecule has 3 nitrogen and oxygen atoms in total. The average molecular weight is 461 g/mol. The van der Waals surface area contributed by atoms with E-state index in [0.717, 1.165) is 27.7 Å². The van der Waals surface area contributed by atoms with Crippen molar-refractivity contribution >= 4 is 28.6 Å². The smallest absolute Gasteiger partial charge is 0.336 e. The minimum Gasteiger partial charge on any atom is -0.457 e. The van der Waals surface area contributed by atoms with Gasteiger partial charge in [-0.15, -0.1) is 0 Å². The lowest BCUT2D eigenvalue weighted by Gasteiger charge is -2.34. The van der Waals surface area contributed by atoms with Crippen molar-refractivity contribution in [2.75, 3.05) is 4.43 Å². The number of allylic oxidation sites excluding steroid dienone is 1. The number of carbonyl (C=O) groups is 1. The normalized spacial score (nSPS) is 18.1. The summed E-state index contributed by atoms with van der Waals surface area (Å²) in [6.07, 6.45) is 0.750. The van der Waals surface area contributed by atoms with Crippen molar-refractivity contribution in [2.45, 2.75) is 39.0 Å². The van der Waals surface area contributed by atoms with Crippen LogP contribution in [0.2, 0.25) is 0 Å². The Kier molecular flexibility index (Phi) is 6.35. The lowest BCUT2D eigenvalue weighted by molar-refractivity contribution is -0.140. The van der Waals surface area contributed by atoms with Gasteiger partial charge in [-0.05, 0) is 25.0 Å². The summed E-state index contributed by atoms with van der Waals surface area (Å²) in [7, 11) is 0. The monoisotopic (exact) mass is 461 g/mol. The van der Waals surface area contributed by atoms with Gasteiger partial charge in [-0.3, -0.25) is 0 Å². The molecule has 0 amide bonds. The quantitative estimate of drug-likeness (QED) is 0.333. The largest absolute Gasteiger partial charge is 0.457 e. The van der Waals surface area contributed by atoms with E-state index in [-0.39, 0.29) is 12.0 Å². The van der Waals surface area contributed by atoms with Crippen LogP contribution in [0.15, 0.2) is 71.9 Å². The average Bonchev–Trinajstić information content (AvgIpc) is 3.03. The number of ether oxygens (including phenoxy) is 1. The Morgan fingerprint density at radius 2 is 1.77 bits per heavy atom. The predicted molar refractivity (Wildman–Crippen MR) is 113 cm³/mol. The van der Waals surface area contributed by atoms with Crippen molar-refractivity contribution in [3.8, 4) is 0 Å². The van der Waals surface area contributed by atoms with Crippen LogP contribution >= 0.6 is 22.6 Å². The number of alkyl halides is 1. The molecule has 2 unspecified atom stereocenters. The molecule has 2 aromatic rings. The molecule has 0 fully saturated rings. The van der Waals surface area contributed by atoms with Crippen LogP contribution in [0.3, 0.4) is 0 Å². The molecular formula is C22H24INO2. The molecule has 4 heteroatoms. The highest BCUT2D eigenvalue weighted by Crippen LogP contribution is 2.37. The van der Waals surface area contributed by atoms with Crippen LogP contribution in [0, 0.1) is 0 Å². The molecule has 0 aliphatic carbocycles. The van der Waals surface area contributed by atoms with E-state index in [1.807, 2.05) is 43.3 Å². The molecule has 26 heavy (non-hydrogen) atoms. The van der Waals surface area contributed by atoms with Crippen molar-refractivity contribution in [1.29, 1.82) is 0 Å². The summed E-state index contributed by atoms with van der Waals surface area (Å²) in [4.78, 5) is 15.1. The van der Waals surface area contributed by atoms with Gasteiger partial charge in [-0.25, -0.2) is 4.79 Å². The summed E-state index contributed by atoms with van der Waals surface area (Å²) < 4.78 is 6.56. The van der Waals surface area contributed by atoms with Gasteiger partial charge in [0, 0.05) is 22.6 Å². The van der Waals surface area contributed by atoms with Crippen molar-refractivity contribution in [3.05, 3.63) is 83.1 Å². The number of rotatable bonds is 6. The van der Waals surface area contributed by atoms with Gasteiger partial charge in [0.25, 0.3) is 0 Å². The van der Waals surface area contributed by atoms with Gasteiger partial charge in [-0.2, -0.15) is 0 Å². The fourth-order valence-electron chi connectivity index (χ4n) is 3.58. The van der Waals surface area contributed by atoms with Crippen molar-refractivity contribution in [2.24, 2.45) is 0 Å². The third kappa shape index (κ3) is 4.11. The van der Waals surface area contributed by atoms with Crippen LogP contribution in [-0.4, -0.2) is 21.3 Å². The zero-order valence-electron chi connectivity index (χ0n) is 15.2. The maximum Gasteiger partial charge on any atom is 0.336 e. The summed E-state index contributed by atoms with van der Waals surface area (Å²) in [6.45, 7) is 4.57. The van der Waals surface area contributed by atoms with E-state index in [0.29, 0.717) is 12.6 Å². The first-order valence-corrected chi connectivity index (χ1v) is 10.4. The second kappa shape index (κ2) is 8.71. The Hall–Kier alpha value is -1.82. The standard InChI is InChI=1S/C22H24INO2/c1-16(19-11-7-4-8-12-19)24-17(2)21(13-20(24)14-23)22(25)26-15-18-9-5-3-6-10-18/h3-12,16,20H,13-15H2,1-2H3. The highest BCUT2D eigenvalue weighted by atomic mass is 127. The molecule has 0 saturated heterocycles. The van der Waals surface area contributed by atoms with E-state index in [4.69, 9.17) is 4.74 Å². The first-order chi connectivity index (χ1) is 12.6. The van der Waals surface area contributed by atoms with Crippen molar-refractivity contribution in [3.63, 3.8) is 0 Å². The lowest BCUT2D eigenvalue weighted by Crippen LogP contribution is -2.33. The zero-order chi connectivity index (χ0) is 18.5. The molecule has 136 valence electrons. The van der Waals surface area contributed by atoms with E-state index in [1.165, 1.54) is 5.56 Å². The molecule has 0 saturated carbocycles. The third-order valence-electron chi connectivity index (χ3n) is 4.99. The van der Waals surface area contributed by atoms with E-state index in [1.54, 1.807) is 0 Å². The molecule has 0 N–H and O–H groups in total. The summed E-state index contributed by atoms with van der Waals surface area (Å²) in [5.41, 5.74) is 4.13. The molecule has 0 radical (unpaired) electrons. The molecule has 0 bridgehead atoms. The van der Waals surface area contributed by atoms with Crippen LogP contribution in [0.5, 0.6) is 0 Å². The second-order valence-corrected chi connectivity index (χ2v) is 7.51. The maximum absolute atomic E-state index is 12.7. The lowest BCUT2D eigenvalue weighted by atomic mass is 10.1. The van der Waals surface area contributed by atoms with Gasteiger partial charge in [-0.1, -0.05) is 83.3 Å². The number of halogens is 1. The summed E-state index contributed by atoms with van der Waals surface area (Å²) >= 11 is 2.41. The molecular weight excluding hydrogens is 437 g/mol. The number of nitrogens with zero attached hydrogens (tertiary/aromatic N) is 1. The summed E-state index contributed by atoms with van der Waals surface area (Å²) in [5.74, 6) is -0.191. The molecule has 1 aliphatic heterocycles. The SMILES string of the molecule is CC1=C(C(=O)OCc2ccccc2)CC(CI)N1C(C)c1ccccc1. The topological polar surface area (TPSA) is 29.5 Å². The van der Waals surface area contributed by atoms with E-state index < -0.39 is 0 Å². The maximum atomic E-state index is 12.7. The Balaban J connectivity index is 1.76. The fraction of sp³-hybridized carbons (Fsp3) is 0.318. The van der Waals surface area contributed by atoms with Crippen LogP contribution in [0.1, 0.15) is 37.4 Å². The number of hydrogen-bond acceptors (Lipinski definition) is 3. The van der Waals surface area contributed by atoms with Gasteiger partial charge >= 0.3 is 5.97 Å². The first kappa shape index (κ1) is 19.0. The predicted octanol–water partition coefficient (Wildman–Crippen LogP) is 5.27. The minimum absolute atomic E-state index is 0.191. The summed E-state index contributed by atoms with van der Waals surface area (Å²) in [6, 6.07) is 20.8. The van der Waals surface area contributed by atoms with Crippen LogP contribution in [-0.2, 0) is 16.1 Å². The summed E-state index contributed by atoms with van der Waals surface area (Å²) in [5, 5.41) is 0. The second-order valence-electron chi connectivity index (χ2n) is 6.63. The molecule has 0 spiro atoms. The van der Waals surface area contributed by atoms with Gasteiger partial charge in [0.15, 0.2) is 0 Å². The highest BCUT2D eigenvalue weighted by Gasteiger charge is 2.35. The van der Waals surface area contributed by atoms with Gasteiger partial charge in [0.1, 0.15) is 6.61 Å². The van der Waals surface area contributed by atoms with Crippen LogP contribution < -0.4 is 0 Å². The molecule has 2 atom stereocenters. The van der Waals surface area contributed by atoms with Crippen LogP contribution in [0.25, 0.3) is 0 Å². The molecule has 1 aliphatic rings. The third-order valence-corrected chi connectivity index (χ3v) is 6.01. The first-order valence-electron chi connectivity index (χ1n) is 8.92. The van der Waals surface area contributed by atoms with E-state index in [9.17, 15) is 4.79 Å². The molecule has 3 rings (SSSR count). The van der Waals surface area contributed by atoms with E-state index in [2.05, 4.69) is 58.7 Å². The Bertz CT molecular complexity index is 773. The van der Waals surface area contributed by atoms with E-state index >= 15 is 0 Å². The number of esters is 1. The van der Waals surface area contributed by atoms with Crippen molar-refractivity contribution in [1.82, 2.24) is 4.90 Å². The molecule has 2 aromatic carbocycles. The van der Waals surface area contributed by atoms with Gasteiger partial charge < -0.3 is 9.64 Å². The van der Waals surface area contributed by atoms with Crippen LogP contribution in [0.4, 0.5) is 0 Å². The molecule has 1 heterocycles.